The van der Waals surface area contributed by atoms with Crippen molar-refractivity contribution < 1.29 is 0 Å². The van der Waals surface area contributed by atoms with E-state index in [-0.39, 0.29) is 0 Å². The summed E-state index contributed by atoms with van der Waals surface area (Å²) in [6, 6.07) is 0.739. The Morgan fingerprint density at radius 3 is 1.62 bits per heavy atom. The lowest BCUT2D eigenvalue weighted by Crippen LogP contribution is -2.33. The van der Waals surface area contributed by atoms with Gasteiger partial charge in [0.2, 0.25) is 0 Å². The first kappa shape index (κ1) is 14.0. The molecule has 1 rings (SSSR count). The Morgan fingerprint density at radius 2 is 1.19 bits per heavy atom. The van der Waals surface area contributed by atoms with Crippen molar-refractivity contribution in [3.63, 3.8) is 0 Å². The fraction of sp³-hybridized carbons (Fsp3) is 1.00. The van der Waals surface area contributed by atoms with E-state index in [1.54, 1.807) is 0 Å². The molecule has 1 saturated carbocycles. The van der Waals surface area contributed by atoms with Crippen LogP contribution in [-0.2, 0) is 0 Å². The molecule has 0 aromatic carbocycles. The third-order valence-electron chi connectivity index (χ3n) is 3.68. The maximum atomic E-state index is 5.55. The molecule has 1 aliphatic carbocycles. The predicted molar refractivity (Wildman–Crippen MR) is 71.6 cm³/mol. The molecule has 2 heteroatoms. The summed E-state index contributed by atoms with van der Waals surface area (Å²) in [5.41, 5.74) is 5.55. The van der Waals surface area contributed by atoms with Crippen LogP contribution in [0.15, 0.2) is 0 Å². The van der Waals surface area contributed by atoms with Gasteiger partial charge in [-0.3, -0.25) is 0 Å². The molecule has 0 amide bonds. The topological polar surface area (TPSA) is 38.0 Å². The second kappa shape index (κ2) is 10.1. The summed E-state index contributed by atoms with van der Waals surface area (Å²) in [6.45, 7) is 1.77. The molecule has 0 radical (unpaired) electrons. The van der Waals surface area contributed by atoms with Crippen molar-refractivity contribution in [2.45, 2.75) is 76.7 Å². The number of nitrogens with two attached hydrogens (primary N) is 1. The fourth-order valence-corrected chi connectivity index (χ4v) is 2.65. The zero-order chi connectivity index (χ0) is 11.5. The van der Waals surface area contributed by atoms with Crippen molar-refractivity contribution >= 4 is 0 Å². The van der Waals surface area contributed by atoms with Gasteiger partial charge >= 0.3 is 0 Å². The van der Waals surface area contributed by atoms with Crippen LogP contribution < -0.4 is 11.1 Å². The number of hydrogen-bond donors (Lipinski definition) is 2. The van der Waals surface area contributed by atoms with Crippen LogP contribution in [0, 0.1) is 0 Å². The molecule has 1 fully saturated rings. The quantitative estimate of drug-likeness (QED) is 0.775. The summed E-state index contributed by atoms with van der Waals surface area (Å²) in [7, 11) is 0. The number of hydrogen-bond acceptors (Lipinski definition) is 2. The van der Waals surface area contributed by atoms with E-state index in [4.69, 9.17) is 5.73 Å². The fourth-order valence-electron chi connectivity index (χ4n) is 2.65. The van der Waals surface area contributed by atoms with Crippen LogP contribution in [0.25, 0.3) is 0 Å². The van der Waals surface area contributed by atoms with Crippen LogP contribution in [0.1, 0.15) is 70.6 Å². The zero-order valence-electron chi connectivity index (χ0n) is 10.8. The van der Waals surface area contributed by atoms with Crippen LogP contribution in [0.4, 0.5) is 0 Å². The molecule has 0 spiro atoms. The first-order chi connectivity index (χ1) is 7.93. The predicted octanol–water partition coefficient (Wildman–Crippen LogP) is 3.21. The Labute approximate surface area is 101 Å². The van der Waals surface area contributed by atoms with Gasteiger partial charge in [0.1, 0.15) is 0 Å². The van der Waals surface area contributed by atoms with Gasteiger partial charge in [0, 0.05) is 19.1 Å². The second-order valence-corrected chi connectivity index (χ2v) is 5.20. The lowest BCUT2D eigenvalue weighted by atomic mass is 9.98. The molecule has 0 aromatic heterocycles. The molecular formula is C14H30N2. The van der Waals surface area contributed by atoms with Crippen molar-refractivity contribution in [2.75, 3.05) is 13.1 Å². The van der Waals surface area contributed by atoms with Crippen molar-refractivity contribution in [1.29, 1.82) is 0 Å². The zero-order valence-corrected chi connectivity index (χ0v) is 10.8. The molecule has 0 aromatic rings. The van der Waals surface area contributed by atoms with Crippen LogP contribution in [-0.4, -0.2) is 19.1 Å². The van der Waals surface area contributed by atoms with E-state index in [0.29, 0.717) is 0 Å². The summed E-state index contributed by atoms with van der Waals surface area (Å²) in [4.78, 5) is 0. The molecule has 0 unspecified atom stereocenters. The van der Waals surface area contributed by atoms with Crippen LogP contribution in [0.3, 0.4) is 0 Å². The highest BCUT2D eigenvalue weighted by atomic mass is 14.9. The molecule has 0 aliphatic heterocycles. The molecular weight excluding hydrogens is 196 g/mol. The van der Waals surface area contributed by atoms with Gasteiger partial charge in [-0.2, -0.15) is 0 Å². The Balaban J connectivity index is 2.19. The molecule has 0 bridgehead atoms. The minimum absolute atomic E-state index is 0.739. The summed E-state index contributed by atoms with van der Waals surface area (Å²) >= 11 is 0. The average Bonchev–Trinajstić information content (AvgIpc) is 2.28. The van der Waals surface area contributed by atoms with Crippen molar-refractivity contribution in [1.82, 2.24) is 5.32 Å². The van der Waals surface area contributed by atoms with Gasteiger partial charge in [-0.15, -0.1) is 0 Å². The normalized spacial score (nSPS) is 22.3. The van der Waals surface area contributed by atoms with Crippen molar-refractivity contribution in [2.24, 2.45) is 5.73 Å². The minimum Gasteiger partial charge on any atom is -0.329 e. The molecule has 0 atom stereocenters. The Kier molecular flexibility index (Phi) is 8.83. The van der Waals surface area contributed by atoms with E-state index in [9.17, 15) is 0 Å². The molecule has 16 heavy (non-hydrogen) atoms. The summed E-state index contributed by atoms with van der Waals surface area (Å²) in [5.74, 6) is 0. The maximum Gasteiger partial charge on any atom is 0.00770 e. The molecule has 96 valence electrons. The SMILES string of the molecule is NCCNC1CCCCCCCCCCC1. The number of rotatable bonds is 3. The standard InChI is InChI=1S/C14H30N2/c15-12-13-16-14-10-8-6-4-2-1-3-5-7-9-11-14/h14,16H,1-13,15H2. The molecule has 1 aliphatic rings. The van der Waals surface area contributed by atoms with Gasteiger partial charge in [-0.1, -0.05) is 57.8 Å². The summed E-state index contributed by atoms with van der Waals surface area (Å²) < 4.78 is 0. The molecule has 3 N–H and O–H groups in total. The first-order valence-corrected chi connectivity index (χ1v) is 7.37. The van der Waals surface area contributed by atoms with E-state index in [0.717, 1.165) is 19.1 Å². The third kappa shape index (κ3) is 7.24. The Morgan fingerprint density at radius 1 is 0.750 bits per heavy atom. The molecule has 0 saturated heterocycles. The monoisotopic (exact) mass is 226 g/mol. The van der Waals surface area contributed by atoms with E-state index >= 15 is 0 Å². The first-order valence-electron chi connectivity index (χ1n) is 7.37. The van der Waals surface area contributed by atoms with E-state index in [1.165, 1.54) is 70.6 Å². The van der Waals surface area contributed by atoms with Crippen molar-refractivity contribution in [3.05, 3.63) is 0 Å². The van der Waals surface area contributed by atoms with Gasteiger partial charge in [-0.25, -0.2) is 0 Å². The molecule has 0 heterocycles. The van der Waals surface area contributed by atoms with Crippen LogP contribution >= 0.6 is 0 Å². The van der Waals surface area contributed by atoms with Crippen LogP contribution in [0.2, 0.25) is 0 Å². The highest BCUT2D eigenvalue weighted by Gasteiger charge is 2.07. The van der Waals surface area contributed by atoms with Gasteiger partial charge < -0.3 is 11.1 Å². The highest BCUT2D eigenvalue weighted by molar-refractivity contribution is 4.68. The lowest BCUT2D eigenvalue weighted by molar-refractivity contribution is 0.408. The van der Waals surface area contributed by atoms with Crippen LogP contribution in [0.5, 0.6) is 0 Å². The van der Waals surface area contributed by atoms with Gasteiger partial charge in [0.25, 0.3) is 0 Å². The largest absolute Gasteiger partial charge is 0.329 e. The van der Waals surface area contributed by atoms with Gasteiger partial charge in [0.05, 0.1) is 0 Å². The third-order valence-corrected chi connectivity index (χ3v) is 3.68. The summed E-state index contributed by atoms with van der Waals surface area (Å²) in [5, 5.41) is 3.60. The Bertz CT molecular complexity index is 136. The lowest BCUT2D eigenvalue weighted by Gasteiger charge is -2.19. The minimum atomic E-state index is 0.739. The molecule has 2 nitrogen and oxygen atoms in total. The average molecular weight is 226 g/mol. The smallest absolute Gasteiger partial charge is 0.00770 e. The van der Waals surface area contributed by atoms with E-state index in [1.807, 2.05) is 0 Å². The van der Waals surface area contributed by atoms with Crippen molar-refractivity contribution in [3.8, 4) is 0 Å². The van der Waals surface area contributed by atoms with E-state index < -0.39 is 0 Å². The second-order valence-electron chi connectivity index (χ2n) is 5.20. The van der Waals surface area contributed by atoms with E-state index in [2.05, 4.69) is 5.32 Å². The summed E-state index contributed by atoms with van der Waals surface area (Å²) in [6.07, 6.45) is 15.7. The highest BCUT2D eigenvalue weighted by Crippen LogP contribution is 2.16. The number of nitrogens with one attached hydrogen (secondary N) is 1. The van der Waals surface area contributed by atoms with Gasteiger partial charge in [0.15, 0.2) is 0 Å². The Hall–Kier alpha value is -0.0800. The van der Waals surface area contributed by atoms with Gasteiger partial charge in [-0.05, 0) is 12.8 Å². The maximum absolute atomic E-state index is 5.55.